The highest BCUT2D eigenvalue weighted by molar-refractivity contribution is 5.87. The van der Waals surface area contributed by atoms with Crippen LogP contribution in [0.2, 0.25) is 0 Å². The highest BCUT2D eigenvalue weighted by atomic mass is 16.6. The first-order valence-corrected chi connectivity index (χ1v) is 7.78. The van der Waals surface area contributed by atoms with E-state index < -0.39 is 42.8 Å². The summed E-state index contributed by atoms with van der Waals surface area (Å²) in [5.74, 6) is -3.22. The lowest BCUT2D eigenvalue weighted by Gasteiger charge is -2.29. The molecule has 0 saturated heterocycles. The van der Waals surface area contributed by atoms with Crippen LogP contribution in [0, 0.1) is 0 Å². The summed E-state index contributed by atoms with van der Waals surface area (Å²) >= 11 is 0. The minimum Gasteiger partial charge on any atom is -0.504 e. The van der Waals surface area contributed by atoms with Crippen LogP contribution in [0.1, 0.15) is 25.3 Å². The van der Waals surface area contributed by atoms with Crippen molar-refractivity contribution in [1.82, 2.24) is 0 Å². The van der Waals surface area contributed by atoms with Gasteiger partial charge in [-0.15, -0.1) is 0 Å². The maximum atomic E-state index is 11.9. The Morgan fingerprint density at radius 2 is 1.92 bits per heavy atom. The molecule has 26 heavy (non-hydrogen) atoms. The first-order chi connectivity index (χ1) is 12.1. The van der Waals surface area contributed by atoms with Crippen LogP contribution < -0.4 is 0 Å². The van der Waals surface area contributed by atoms with E-state index in [1.807, 2.05) is 0 Å². The molecule has 0 heterocycles. The molecule has 6 N–H and O–H groups in total. The van der Waals surface area contributed by atoms with Crippen LogP contribution >= 0.6 is 0 Å². The maximum absolute atomic E-state index is 11.9. The number of hydrogen-bond acceptors (Lipinski definition) is 8. The minimum atomic E-state index is -2.23. The van der Waals surface area contributed by atoms with Gasteiger partial charge in [0.15, 0.2) is 17.1 Å². The number of carboxylic acids is 1. The lowest BCUT2D eigenvalue weighted by atomic mass is 9.91. The Balaban J connectivity index is 2.87. The normalized spacial score (nSPS) is 16.0. The molecule has 0 fully saturated rings. The number of phenols is 2. The lowest BCUT2D eigenvalue weighted by Crippen LogP contribution is -2.46. The number of hydrogen-bond donors (Lipinski definition) is 6. The van der Waals surface area contributed by atoms with Gasteiger partial charge in [-0.25, -0.2) is 9.59 Å². The van der Waals surface area contributed by atoms with Gasteiger partial charge < -0.3 is 35.4 Å². The number of aliphatic hydroxyl groups is 3. The summed E-state index contributed by atoms with van der Waals surface area (Å²) in [6.45, 7) is 0.614. The molecule has 9 nitrogen and oxygen atoms in total. The van der Waals surface area contributed by atoms with E-state index in [-0.39, 0.29) is 17.9 Å². The highest BCUT2D eigenvalue weighted by Crippen LogP contribution is 2.25. The lowest BCUT2D eigenvalue weighted by molar-refractivity contribution is -0.172. The number of carbonyl (C=O) groups is 2. The number of phenolic OH excluding ortho intramolecular Hbond substituents is 2. The Morgan fingerprint density at radius 1 is 1.27 bits per heavy atom. The van der Waals surface area contributed by atoms with Gasteiger partial charge in [0.25, 0.3) is 0 Å². The van der Waals surface area contributed by atoms with Crippen molar-refractivity contribution in [3.05, 3.63) is 29.8 Å². The van der Waals surface area contributed by atoms with E-state index in [9.17, 15) is 30.0 Å². The molecule has 0 radical (unpaired) electrons. The van der Waals surface area contributed by atoms with Gasteiger partial charge in [0.2, 0.25) is 0 Å². The van der Waals surface area contributed by atoms with Gasteiger partial charge in [0.1, 0.15) is 12.2 Å². The van der Waals surface area contributed by atoms with Crippen molar-refractivity contribution in [2.45, 2.75) is 37.6 Å². The molecule has 0 aromatic heterocycles. The predicted octanol–water partition coefficient (Wildman–Crippen LogP) is -0.00820. The number of aromatic hydroxyl groups is 2. The van der Waals surface area contributed by atoms with Crippen molar-refractivity contribution < 1.29 is 45.0 Å². The van der Waals surface area contributed by atoms with E-state index in [1.54, 1.807) is 0 Å². The van der Waals surface area contributed by atoms with Crippen LogP contribution in [0.3, 0.4) is 0 Å². The number of ether oxygens (including phenoxy) is 1. The van der Waals surface area contributed by atoms with E-state index >= 15 is 0 Å². The zero-order valence-corrected chi connectivity index (χ0v) is 14.1. The van der Waals surface area contributed by atoms with Gasteiger partial charge in [-0.2, -0.15) is 0 Å². The van der Waals surface area contributed by atoms with Crippen molar-refractivity contribution in [3.8, 4) is 11.5 Å². The van der Waals surface area contributed by atoms with Gasteiger partial charge in [-0.1, -0.05) is 13.0 Å². The number of aliphatic carboxylic acids is 1. The molecule has 0 amide bonds. The molecular formula is C17H22O9. The zero-order chi connectivity index (χ0) is 19.9. The van der Waals surface area contributed by atoms with Crippen LogP contribution in [0.5, 0.6) is 11.5 Å². The van der Waals surface area contributed by atoms with Crippen LogP contribution in [-0.2, 0) is 14.3 Å². The second-order valence-corrected chi connectivity index (χ2v) is 5.70. The molecule has 144 valence electrons. The van der Waals surface area contributed by atoms with Crippen LogP contribution in [0.25, 0.3) is 6.08 Å². The number of carboxylic acid groups (broad SMARTS) is 1. The third-order valence-corrected chi connectivity index (χ3v) is 3.82. The molecule has 9 heteroatoms. The fourth-order valence-electron chi connectivity index (χ4n) is 2.09. The van der Waals surface area contributed by atoms with Crippen molar-refractivity contribution >= 4 is 18.0 Å². The van der Waals surface area contributed by atoms with E-state index in [1.165, 1.54) is 31.2 Å². The summed E-state index contributed by atoms with van der Waals surface area (Å²) in [5.41, 5.74) is -1.86. The second-order valence-electron chi connectivity index (χ2n) is 5.70. The Kier molecular flexibility index (Phi) is 7.56. The van der Waals surface area contributed by atoms with Gasteiger partial charge in [0.05, 0.1) is 6.61 Å². The summed E-state index contributed by atoms with van der Waals surface area (Å²) < 4.78 is 4.96. The number of rotatable bonds is 9. The summed E-state index contributed by atoms with van der Waals surface area (Å²) in [6, 6.07) is 3.82. The van der Waals surface area contributed by atoms with E-state index in [0.717, 1.165) is 6.08 Å². The zero-order valence-electron chi connectivity index (χ0n) is 14.1. The third-order valence-electron chi connectivity index (χ3n) is 3.82. The molecule has 0 aliphatic heterocycles. The first-order valence-electron chi connectivity index (χ1n) is 7.78. The van der Waals surface area contributed by atoms with Crippen LogP contribution in [0.4, 0.5) is 0 Å². The van der Waals surface area contributed by atoms with Crippen LogP contribution in [0.15, 0.2) is 24.3 Å². The summed E-state index contributed by atoms with van der Waals surface area (Å²) in [6.07, 6.45) is -1.63. The first kappa shape index (κ1) is 21.4. The molecular weight excluding hydrogens is 348 g/mol. The van der Waals surface area contributed by atoms with Crippen LogP contribution in [-0.4, -0.2) is 67.0 Å². The SMILES string of the molecule is CCC(O)(CC(OC(=O)/C=C\c1ccc(O)c(O)c1)C(O)CO)C(=O)O. The third kappa shape index (κ3) is 5.73. The highest BCUT2D eigenvalue weighted by Gasteiger charge is 2.40. The molecule has 3 unspecified atom stereocenters. The van der Waals surface area contributed by atoms with Crippen molar-refractivity contribution in [2.24, 2.45) is 0 Å². The molecule has 1 aromatic rings. The van der Waals surface area contributed by atoms with Gasteiger partial charge in [0, 0.05) is 12.5 Å². The monoisotopic (exact) mass is 370 g/mol. The Morgan fingerprint density at radius 3 is 2.42 bits per heavy atom. The average Bonchev–Trinajstić information content (AvgIpc) is 2.61. The van der Waals surface area contributed by atoms with E-state index in [0.29, 0.717) is 5.56 Å². The Bertz CT molecular complexity index is 670. The van der Waals surface area contributed by atoms with E-state index in [4.69, 9.17) is 14.9 Å². The van der Waals surface area contributed by atoms with Gasteiger partial charge in [-0.05, 0) is 30.2 Å². The molecule has 0 aliphatic carbocycles. The average molecular weight is 370 g/mol. The minimum absolute atomic E-state index is 0.197. The van der Waals surface area contributed by atoms with E-state index in [2.05, 4.69) is 0 Å². The molecule has 1 aromatic carbocycles. The molecule has 0 spiro atoms. The number of esters is 1. The number of carbonyl (C=O) groups excluding carboxylic acids is 1. The fourth-order valence-corrected chi connectivity index (χ4v) is 2.09. The molecule has 0 aliphatic rings. The number of aliphatic hydroxyl groups excluding tert-OH is 2. The largest absolute Gasteiger partial charge is 0.504 e. The number of benzene rings is 1. The quantitative estimate of drug-likeness (QED) is 0.199. The predicted molar refractivity (Wildman–Crippen MR) is 89.3 cm³/mol. The molecule has 3 atom stereocenters. The fraction of sp³-hybridized carbons (Fsp3) is 0.412. The second kappa shape index (κ2) is 9.18. The Labute approximate surface area is 149 Å². The molecule has 0 saturated carbocycles. The van der Waals surface area contributed by atoms with Gasteiger partial charge in [-0.3, -0.25) is 0 Å². The maximum Gasteiger partial charge on any atom is 0.335 e. The van der Waals surface area contributed by atoms with Crippen molar-refractivity contribution in [3.63, 3.8) is 0 Å². The topological polar surface area (TPSA) is 165 Å². The standard InChI is InChI=1S/C17H22O9/c1-2-17(25,16(23)24)8-14(13(21)9-18)26-15(22)6-4-10-3-5-11(19)12(20)7-10/h3-7,13-14,18-21,25H,2,8-9H2,1H3,(H,23,24)/b6-4-. The van der Waals surface area contributed by atoms with Crippen molar-refractivity contribution in [1.29, 1.82) is 0 Å². The van der Waals surface area contributed by atoms with Crippen molar-refractivity contribution in [2.75, 3.05) is 6.61 Å². The molecule has 0 bridgehead atoms. The summed E-state index contributed by atoms with van der Waals surface area (Å²) in [4.78, 5) is 23.1. The summed E-state index contributed by atoms with van der Waals surface area (Å²) in [5, 5.41) is 56.5. The van der Waals surface area contributed by atoms with Gasteiger partial charge >= 0.3 is 11.9 Å². The summed E-state index contributed by atoms with van der Waals surface area (Å²) in [7, 11) is 0. The Hall–Kier alpha value is -2.62. The smallest absolute Gasteiger partial charge is 0.335 e. The molecule has 1 rings (SSSR count).